The van der Waals surface area contributed by atoms with Crippen molar-refractivity contribution >= 4 is 34.3 Å². The number of halogens is 1. The molecule has 31 heavy (non-hydrogen) atoms. The van der Waals surface area contributed by atoms with Crippen LogP contribution in [0.2, 0.25) is 5.02 Å². The maximum Gasteiger partial charge on any atom is 0.290 e. The fourth-order valence-corrected chi connectivity index (χ4v) is 4.15. The van der Waals surface area contributed by atoms with E-state index in [-0.39, 0.29) is 11.3 Å². The first-order chi connectivity index (χ1) is 14.9. The van der Waals surface area contributed by atoms with Gasteiger partial charge >= 0.3 is 0 Å². The molecule has 0 bridgehead atoms. The number of ether oxygens (including phenoxy) is 1. The summed E-state index contributed by atoms with van der Waals surface area (Å²) in [7, 11) is 1.59. The summed E-state index contributed by atoms with van der Waals surface area (Å²) >= 11 is 6.04. The zero-order valence-corrected chi connectivity index (χ0v) is 18.0. The molecule has 2 aromatic carbocycles. The molecule has 2 heterocycles. The van der Waals surface area contributed by atoms with Crippen molar-refractivity contribution in [3.8, 4) is 0 Å². The molecule has 7 heteroatoms. The molecule has 4 rings (SSSR count). The highest BCUT2D eigenvalue weighted by Gasteiger charge is 2.44. The quantitative estimate of drug-likeness (QED) is 0.413. The van der Waals surface area contributed by atoms with Crippen LogP contribution >= 0.6 is 11.6 Å². The molecule has 1 atom stereocenters. The van der Waals surface area contributed by atoms with Crippen molar-refractivity contribution < 1.29 is 23.8 Å². The van der Waals surface area contributed by atoms with E-state index in [2.05, 4.69) is 0 Å². The molecule has 0 aliphatic carbocycles. The van der Waals surface area contributed by atoms with Gasteiger partial charge in [-0.05, 0) is 48.7 Å². The molecule has 0 radical (unpaired) electrons. The fraction of sp³-hybridized carbons (Fsp3) is 0.250. The molecule has 1 amide bonds. The number of benzene rings is 2. The van der Waals surface area contributed by atoms with Crippen LogP contribution < -0.4 is 0 Å². The third kappa shape index (κ3) is 3.84. The number of furan rings is 1. The summed E-state index contributed by atoms with van der Waals surface area (Å²) in [4.78, 5) is 27.9. The zero-order valence-electron chi connectivity index (χ0n) is 17.2. The van der Waals surface area contributed by atoms with Gasteiger partial charge in [-0.15, -0.1) is 0 Å². The van der Waals surface area contributed by atoms with Crippen LogP contribution in [-0.2, 0) is 9.53 Å². The Hall–Kier alpha value is -3.09. The number of rotatable bonds is 7. The first kappa shape index (κ1) is 21.2. The van der Waals surface area contributed by atoms with Crippen molar-refractivity contribution in [3.63, 3.8) is 0 Å². The number of ketones is 1. The van der Waals surface area contributed by atoms with Gasteiger partial charge in [0, 0.05) is 30.7 Å². The van der Waals surface area contributed by atoms with Crippen molar-refractivity contribution in [1.29, 1.82) is 0 Å². The van der Waals surface area contributed by atoms with Gasteiger partial charge in [-0.1, -0.05) is 35.9 Å². The third-order valence-electron chi connectivity index (χ3n) is 5.48. The standard InChI is InChI=1S/C24H22ClNO5/c1-14-6-3-4-7-17(14)21-20(23(28)24(29)26(21)10-5-11-30-2)22(27)19-13-15-12-16(25)8-9-18(15)31-19/h3-4,6-9,12-13,21,28H,5,10-11H2,1-2H3. The highest BCUT2D eigenvalue weighted by Crippen LogP contribution is 2.40. The van der Waals surface area contributed by atoms with Gasteiger partial charge in [0.2, 0.25) is 5.78 Å². The predicted molar refractivity (Wildman–Crippen MR) is 117 cm³/mol. The van der Waals surface area contributed by atoms with Gasteiger partial charge in [0.05, 0.1) is 11.6 Å². The molecule has 160 valence electrons. The zero-order chi connectivity index (χ0) is 22.1. The van der Waals surface area contributed by atoms with Crippen LogP contribution in [0.4, 0.5) is 0 Å². The normalized spacial score (nSPS) is 16.5. The first-order valence-corrected chi connectivity index (χ1v) is 10.3. The summed E-state index contributed by atoms with van der Waals surface area (Å²) in [5.74, 6) is -1.61. The number of aryl methyl sites for hydroxylation is 1. The Kier molecular flexibility index (Phi) is 5.85. The lowest BCUT2D eigenvalue weighted by Crippen LogP contribution is -2.33. The molecule has 0 fully saturated rings. The molecule has 0 spiro atoms. The Labute approximate surface area is 184 Å². The highest BCUT2D eigenvalue weighted by molar-refractivity contribution is 6.31. The number of hydrogen-bond acceptors (Lipinski definition) is 5. The molecule has 1 aliphatic rings. The number of Topliss-reactive ketones (excluding diaryl/α,β-unsaturated/α-hetero) is 1. The molecule has 1 aromatic heterocycles. The lowest BCUT2D eigenvalue weighted by Gasteiger charge is -2.27. The minimum atomic E-state index is -0.713. The Morgan fingerprint density at radius 3 is 2.74 bits per heavy atom. The van der Waals surface area contributed by atoms with Gasteiger partial charge in [0.25, 0.3) is 5.91 Å². The molecule has 1 aliphatic heterocycles. The van der Waals surface area contributed by atoms with Gasteiger partial charge < -0.3 is 19.2 Å². The Morgan fingerprint density at radius 2 is 2.00 bits per heavy atom. The van der Waals surface area contributed by atoms with Crippen molar-refractivity contribution in [2.45, 2.75) is 19.4 Å². The van der Waals surface area contributed by atoms with Gasteiger partial charge in [-0.2, -0.15) is 0 Å². The number of carbonyl (C=O) groups excluding carboxylic acids is 2. The van der Waals surface area contributed by atoms with Gasteiger partial charge in [0.1, 0.15) is 5.58 Å². The van der Waals surface area contributed by atoms with Crippen LogP contribution in [0.1, 0.15) is 34.1 Å². The number of carbonyl (C=O) groups is 2. The summed E-state index contributed by atoms with van der Waals surface area (Å²) in [6, 6.07) is 13.4. The molecular weight excluding hydrogens is 418 g/mol. The van der Waals surface area contributed by atoms with Crippen LogP contribution in [0.3, 0.4) is 0 Å². The number of fused-ring (bicyclic) bond motifs is 1. The number of hydrogen-bond donors (Lipinski definition) is 1. The molecule has 0 saturated heterocycles. The molecule has 3 aromatic rings. The van der Waals surface area contributed by atoms with E-state index in [4.69, 9.17) is 20.8 Å². The van der Waals surface area contributed by atoms with Crippen LogP contribution in [-0.4, -0.2) is 42.0 Å². The van der Waals surface area contributed by atoms with E-state index in [0.717, 1.165) is 11.1 Å². The van der Waals surface area contributed by atoms with Crippen molar-refractivity contribution in [2.24, 2.45) is 0 Å². The van der Waals surface area contributed by atoms with E-state index >= 15 is 0 Å². The maximum absolute atomic E-state index is 13.5. The Morgan fingerprint density at radius 1 is 1.23 bits per heavy atom. The van der Waals surface area contributed by atoms with Crippen molar-refractivity contribution in [1.82, 2.24) is 4.90 Å². The topological polar surface area (TPSA) is 80.0 Å². The van der Waals surface area contributed by atoms with Crippen molar-refractivity contribution in [2.75, 3.05) is 20.3 Å². The van der Waals surface area contributed by atoms with Gasteiger partial charge in [-0.3, -0.25) is 9.59 Å². The van der Waals surface area contributed by atoms with E-state index < -0.39 is 23.5 Å². The average Bonchev–Trinajstić information content (AvgIpc) is 3.28. The molecule has 1 unspecified atom stereocenters. The van der Waals surface area contributed by atoms with Crippen LogP contribution in [0.15, 0.2) is 64.3 Å². The van der Waals surface area contributed by atoms with E-state index in [9.17, 15) is 14.7 Å². The Balaban J connectivity index is 1.79. The molecule has 1 N–H and O–H groups in total. The lowest BCUT2D eigenvalue weighted by molar-refractivity contribution is -0.129. The van der Waals surface area contributed by atoms with Crippen LogP contribution in [0.5, 0.6) is 0 Å². The van der Waals surface area contributed by atoms with Crippen molar-refractivity contribution in [3.05, 3.63) is 81.8 Å². The Bertz CT molecular complexity index is 1200. The number of methoxy groups -OCH3 is 1. The first-order valence-electron chi connectivity index (χ1n) is 9.94. The number of aliphatic hydroxyl groups is 1. The fourth-order valence-electron chi connectivity index (χ4n) is 3.97. The van der Waals surface area contributed by atoms with Crippen LogP contribution in [0.25, 0.3) is 11.0 Å². The molecular formula is C24H22ClNO5. The van der Waals surface area contributed by atoms with E-state index in [1.165, 1.54) is 4.90 Å². The summed E-state index contributed by atoms with van der Waals surface area (Å²) < 4.78 is 10.8. The summed E-state index contributed by atoms with van der Waals surface area (Å²) in [6.07, 6.45) is 0.572. The molecule has 6 nitrogen and oxygen atoms in total. The van der Waals surface area contributed by atoms with Gasteiger partial charge in [0.15, 0.2) is 11.5 Å². The van der Waals surface area contributed by atoms with E-state index in [0.29, 0.717) is 35.6 Å². The van der Waals surface area contributed by atoms with E-state index in [1.54, 1.807) is 31.4 Å². The maximum atomic E-state index is 13.5. The summed E-state index contributed by atoms with van der Waals surface area (Å²) in [6.45, 7) is 2.70. The second kappa shape index (κ2) is 8.57. The second-order valence-corrected chi connectivity index (χ2v) is 7.92. The third-order valence-corrected chi connectivity index (χ3v) is 5.72. The minimum Gasteiger partial charge on any atom is -0.503 e. The SMILES string of the molecule is COCCCN1C(=O)C(O)=C(C(=O)c2cc3cc(Cl)ccc3o2)C1c1ccccc1C. The summed E-state index contributed by atoms with van der Waals surface area (Å²) in [5.41, 5.74) is 2.21. The monoisotopic (exact) mass is 439 g/mol. The lowest BCUT2D eigenvalue weighted by atomic mass is 9.92. The highest BCUT2D eigenvalue weighted by atomic mass is 35.5. The van der Waals surface area contributed by atoms with Gasteiger partial charge in [-0.25, -0.2) is 0 Å². The van der Waals surface area contributed by atoms with E-state index in [1.807, 2.05) is 31.2 Å². The second-order valence-electron chi connectivity index (χ2n) is 7.49. The minimum absolute atomic E-state index is 0.0156. The molecule has 0 saturated carbocycles. The smallest absolute Gasteiger partial charge is 0.290 e. The average molecular weight is 440 g/mol. The van der Waals surface area contributed by atoms with Crippen LogP contribution in [0, 0.1) is 6.92 Å². The predicted octanol–water partition coefficient (Wildman–Crippen LogP) is 5.01. The number of aliphatic hydroxyl groups excluding tert-OH is 1. The largest absolute Gasteiger partial charge is 0.503 e. The summed E-state index contributed by atoms with van der Waals surface area (Å²) in [5, 5.41) is 11.9. The number of nitrogens with zero attached hydrogens (tertiary/aromatic N) is 1. The number of amides is 1.